The van der Waals surface area contributed by atoms with E-state index in [4.69, 9.17) is 0 Å². The molecule has 1 aromatic rings. The van der Waals surface area contributed by atoms with Crippen molar-refractivity contribution in [3.05, 3.63) is 39.8 Å². The first kappa shape index (κ1) is 6.24. The van der Waals surface area contributed by atoms with Crippen molar-refractivity contribution in [1.29, 1.82) is 0 Å². The summed E-state index contributed by atoms with van der Waals surface area (Å²) in [7, 11) is 0. The normalized spacial score (nSPS) is 16.7. The molecule has 0 bridgehead atoms. The first-order valence-electron chi connectivity index (χ1n) is 4.45. The van der Waals surface area contributed by atoms with Gasteiger partial charge in [-0.1, -0.05) is 30.4 Å². The van der Waals surface area contributed by atoms with Crippen molar-refractivity contribution in [2.75, 3.05) is 0 Å². The Morgan fingerprint density at radius 2 is 2.08 bits per heavy atom. The molecule has 3 rings (SSSR count). The van der Waals surface area contributed by atoms with Crippen LogP contribution in [0.3, 0.4) is 0 Å². The molecular weight excluding hydrogens is 144 g/mol. The van der Waals surface area contributed by atoms with E-state index in [9.17, 15) is 0 Å². The van der Waals surface area contributed by atoms with Crippen LogP contribution in [0.15, 0.2) is 18.2 Å². The molecule has 0 heterocycles. The fraction of sp³-hybridized carbons (Fsp3) is 0.167. The van der Waals surface area contributed by atoms with Gasteiger partial charge in [0.1, 0.15) is 0 Å². The Kier molecular flexibility index (Phi) is 1.09. The van der Waals surface area contributed by atoms with Gasteiger partial charge in [-0.2, -0.15) is 0 Å². The Bertz CT molecular complexity index is 475. The summed E-state index contributed by atoms with van der Waals surface area (Å²) in [5.74, 6) is 0. The lowest BCUT2D eigenvalue weighted by Crippen LogP contribution is -2.13. The molecule has 0 nitrogen and oxygen atoms in total. The van der Waals surface area contributed by atoms with Gasteiger partial charge in [0, 0.05) is 0 Å². The summed E-state index contributed by atoms with van der Waals surface area (Å²) < 4.78 is 0. The zero-order valence-electron chi connectivity index (χ0n) is 6.88. The van der Waals surface area contributed by atoms with Gasteiger partial charge < -0.3 is 0 Å². The van der Waals surface area contributed by atoms with Crippen LogP contribution in [0.2, 0.25) is 0 Å². The van der Waals surface area contributed by atoms with Gasteiger partial charge in [-0.25, -0.2) is 0 Å². The number of hydrogen-bond acceptors (Lipinski definition) is 0. The average Bonchev–Trinajstić information content (AvgIpc) is 2.64. The van der Waals surface area contributed by atoms with Crippen molar-refractivity contribution in [2.45, 2.75) is 12.8 Å². The molecule has 0 saturated carbocycles. The first-order chi connectivity index (χ1) is 5.93. The first-order valence-corrected chi connectivity index (χ1v) is 4.45. The van der Waals surface area contributed by atoms with Crippen LogP contribution < -0.4 is 10.4 Å². The minimum absolute atomic E-state index is 1.22. The van der Waals surface area contributed by atoms with Crippen LogP contribution in [0.1, 0.15) is 17.5 Å². The highest BCUT2D eigenvalue weighted by atomic mass is 14.1. The van der Waals surface area contributed by atoms with Gasteiger partial charge in [0.15, 0.2) is 0 Å². The smallest absolute Gasteiger partial charge is 0.0178 e. The third kappa shape index (κ3) is 0.724. The summed E-state index contributed by atoms with van der Waals surface area (Å²) >= 11 is 0. The van der Waals surface area contributed by atoms with Crippen LogP contribution in [-0.4, -0.2) is 0 Å². The zero-order valence-corrected chi connectivity index (χ0v) is 6.88. The SMILES string of the molecule is C1=Cc2cc3c(cc2=C1)CCC=3. The van der Waals surface area contributed by atoms with E-state index in [0.717, 1.165) is 0 Å². The van der Waals surface area contributed by atoms with E-state index in [1.165, 1.54) is 34.4 Å². The number of allylic oxidation sites excluding steroid dienone is 1. The van der Waals surface area contributed by atoms with E-state index in [0.29, 0.717) is 0 Å². The Balaban J connectivity index is 2.45. The van der Waals surface area contributed by atoms with E-state index in [-0.39, 0.29) is 0 Å². The van der Waals surface area contributed by atoms with Crippen molar-refractivity contribution < 1.29 is 0 Å². The average molecular weight is 154 g/mol. The van der Waals surface area contributed by atoms with E-state index < -0.39 is 0 Å². The molecule has 0 radical (unpaired) electrons. The highest BCUT2D eigenvalue weighted by Gasteiger charge is 2.05. The van der Waals surface area contributed by atoms with Crippen molar-refractivity contribution in [3.8, 4) is 0 Å². The second kappa shape index (κ2) is 2.10. The minimum Gasteiger partial charge on any atom is -0.0766 e. The van der Waals surface area contributed by atoms with E-state index in [1.807, 2.05) is 0 Å². The molecule has 12 heavy (non-hydrogen) atoms. The number of aryl methyl sites for hydroxylation is 1. The highest BCUT2D eigenvalue weighted by Crippen LogP contribution is 2.07. The predicted octanol–water partition coefficient (Wildman–Crippen LogP) is 1.22. The van der Waals surface area contributed by atoms with Crippen molar-refractivity contribution in [3.63, 3.8) is 0 Å². The molecule has 0 fully saturated rings. The molecule has 0 heteroatoms. The maximum atomic E-state index is 2.34. The summed E-state index contributed by atoms with van der Waals surface area (Å²) in [5, 5.41) is 2.85. The lowest BCUT2D eigenvalue weighted by Gasteiger charge is -1.95. The summed E-state index contributed by atoms with van der Waals surface area (Å²) in [6.07, 6.45) is 11.3. The molecule has 2 aliphatic carbocycles. The summed E-state index contributed by atoms with van der Waals surface area (Å²) in [6, 6.07) is 4.63. The topological polar surface area (TPSA) is 0 Å². The van der Waals surface area contributed by atoms with E-state index >= 15 is 0 Å². The molecule has 58 valence electrons. The van der Waals surface area contributed by atoms with E-state index in [1.54, 1.807) is 0 Å². The van der Waals surface area contributed by atoms with Crippen molar-refractivity contribution in [2.24, 2.45) is 0 Å². The Morgan fingerprint density at radius 3 is 3.08 bits per heavy atom. The van der Waals surface area contributed by atoms with Gasteiger partial charge >= 0.3 is 0 Å². The number of benzene rings is 1. The number of rotatable bonds is 0. The van der Waals surface area contributed by atoms with Crippen LogP contribution in [0.25, 0.3) is 18.2 Å². The highest BCUT2D eigenvalue weighted by molar-refractivity contribution is 5.67. The van der Waals surface area contributed by atoms with E-state index in [2.05, 4.69) is 36.4 Å². The minimum atomic E-state index is 1.22. The summed E-state index contributed by atoms with van der Waals surface area (Å²) in [4.78, 5) is 0. The van der Waals surface area contributed by atoms with Gasteiger partial charge in [-0.05, 0) is 40.5 Å². The third-order valence-corrected chi connectivity index (χ3v) is 2.67. The standard InChI is InChI=1S/C12H10/c1-3-9-7-11-5-2-6-12(11)8-10(9)4-1/h1,3-5,7-8H,2,6H2. The number of hydrogen-bond donors (Lipinski definition) is 0. The third-order valence-electron chi connectivity index (χ3n) is 2.67. The molecule has 1 aromatic carbocycles. The van der Waals surface area contributed by atoms with Crippen LogP contribution in [0, 0.1) is 0 Å². The molecule has 2 aliphatic rings. The lowest BCUT2D eigenvalue weighted by molar-refractivity contribution is 1.07. The summed E-state index contributed by atoms with van der Waals surface area (Å²) in [6.45, 7) is 0. The largest absolute Gasteiger partial charge is 0.0766 e. The second-order valence-corrected chi connectivity index (χ2v) is 3.45. The number of fused-ring (bicyclic) bond motifs is 2. The maximum Gasteiger partial charge on any atom is -0.0178 e. The van der Waals surface area contributed by atoms with Gasteiger partial charge in [-0.3, -0.25) is 0 Å². The molecule has 0 atom stereocenters. The van der Waals surface area contributed by atoms with Gasteiger partial charge in [0.25, 0.3) is 0 Å². The van der Waals surface area contributed by atoms with Gasteiger partial charge in [0.2, 0.25) is 0 Å². The maximum absolute atomic E-state index is 2.34. The molecule has 0 aliphatic heterocycles. The molecule has 0 unspecified atom stereocenters. The molecular formula is C12H10. The van der Waals surface area contributed by atoms with Crippen LogP contribution in [0.4, 0.5) is 0 Å². The predicted molar refractivity (Wildman–Crippen MR) is 52.0 cm³/mol. The van der Waals surface area contributed by atoms with Crippen LogP contribution >= 0.6 is 0 Å². The summed E-state index contributed by atoms with van der Waals surface area (Å²) in [5.41, 5.74) is 2.90. The van der Waals surface area contributed by atoms with Crippen LogP contribution in [0.5, 0.6) is 0 Å². The Labute approximate surface area is 71.5 Å². The molecule has 0 spiro atoms. The van der Waals surface area contributed by atoms with Crippen molar-refractivity contribution >= 4 is 18.2 Å². The fourth-order valence-electron chi connectivity index (χ4n) is 2.03. The quantitative estimate of drug-likeness (QED) is 0.527. The van der Waals surface area contributed by atoms with Gasteiger partial charge in [-0.15, -0.1) is 0 Å². The lowest BCUT2D eigenvalue weighted by atomic mass is 10.1. The molecule has 0 amide bonds. The van der Waals surface area contributed by atoms with Crippen molar-refractivity contribution in [1.82, 2.24) is 0 Å². The molecule has 0 N–H and O–H groups in total. The zero-order chi connectivity index (χ0) is 7.97. The molecule has 0 aromatic heterocycles. The monoisotopic (exact) mass is 154 g/mol. The second-order valence-electron chi connectivity index (χ2n) is 3.45. The Hall–Kier alpha value is -1.30. The van der Waals surface area contributed by atoms with Gasteiger partial charge in [0.05, 0.1) is 0 Å². The molecule has 0 saturated heterocycles. The fourth-order valence-corrected chi connectivity index (χ4v) is 2.03. The van der Waals surface area contributed by atoms with Crippen LogP contribution in [-0.2, 0) is 6.42 Å². The Morgan fingerprint density at radius 1 is 1.08 bits per heavy atom.